The Morgan fingerprint density at radius 2 is 1.50 bits per heavy atom. The Hall–Kier alpha value is 0.256. The third-order valence-corrected chi connectivity index (χ3v) is 1.05. The van der Waals surface area contributed by atoms with E-state index in [1.807, 2.05) is 0 Å². The maximum atomic E-state index is 11.8. The van der Waals surface area contributed by atoms with Gasteiger partial charge in [-0.15, -0.1) is 17.0 Å². The van der Waals surface area contributed by atoms with Crippen LogP contribution >= 0.6 is 17.0 Å². The van der Waals surface area contributed by atoms with E-state index in [2.05, 4.69) is 13.0 Å². The van der Waals surface area contributed by atoms with Gasteiger partial charge in [-0.05, 0) is 0 Å². The van der Waals surface area contributed by atoms with Crippen molar-refractivity contribution in [3.63, 3.8) is 0 Å². The van der Waals surface area contributed by atoms with Crippen molar-refractivity contribution in [2.75, 3.05) is 0 Å². The summed E-state index contributed by atoms with van der Waals surface area (Å²) in [6.45, 7) is 5.00. The molecule has 0 heterocycles. The Morgan fingerprint density at radius 1 is 1.14 bits per heavy atom. The van der Waals surface area contributed by atoms with Crippen molar-refractivity contribution in [1.82, 2.24) is 0 Å². The van der Waals surface area contributed by atoms with Gasteiger partial charge in [-0.3, -0.25) is 0 Å². The van der Waals surface area contributed by atoms with Crippen LogP contribution < -0.4 is 0 Å². The molecule has 0 N–H and O–H groups in total. The zero-order valence-corrected chi connectivity index (χ0v) is 10.9. The van der Waals surface area contributed by atoms with Crippen LogP contribution in [0.4, 0.5) is 13.2 Å². The maximum absolute atomic E-state index is 11.8. The van der Waals surface area contributed by atoms with Crippen LogP contribution in [-0.2, 0) is 6.18 Å². The molecule has 5 heteroatoms. The minimum atomic E-state index is -4.23. The molecule has 0 fully saturated rings. The molecule has 0 aliphatic heterocycles. The van der Waals surface area contributed by atoms with Gasteiger partial charge in [0.1, 0.15) is 0 Å². The zero-order chi connectivity index (χ0) is 9.61. The standard InChI is InChI=1S/C7H4F3.C2H5.BrH.Mg/c8-7(9,10)6-4-2-1-3-5-6;1-2;;/h2-5H;1H2,2H3;1H;/q2*-1;;+2. The minimum Gasteiger partial charge on any atom is -0.346 e. The summed E-state index contributed by atoms with van der Waals surface area (Å²) in [5.41, 5.74) is -0.633. The van der Waals surface area contributed by atoms with Crippen molar-refractivity contribution >= 4 is 40.0 Å². The fourth-order valence-electron chi connectivity index (χ4n) is 0.576. The van der Waals surface area contributed by atoms with Gasteiger partial charge in [0.15, 0.2) is 0 Å². The van der Waals surface area contributed by atoms with Crippen LogP contribution in [0.1, 0.15) is 12.5 Å². The molecule has 0 aliphatic rings. The summed E-state index contributed by atoms with van der Waals surface area (Å²) in [7, 11) is 0. The van der Waals surface area contributed by atoms with Crippen molar-refractivity contribution in [3.05, 3.63) is 42.8 Å². The van der Waals surface area contributed by atoms with E-state index in [4.69, 9.17) is 0 Å². The Bertz CT molecular complexity index is 211. The molecule has 14 heavy (non-hydrogen) atoms. The second kappa shape index (κ2) is 9.80. The molecule has 1 rings (SSSR count). The van der Waals surface area contributed by atoms with Gasteiger partial charge in [0.2, 0.25) is 0 Å². The smallest absolute Gasteiger partial charge is 0.346 e. The molecule has 0 radical (unpaired) electrons. The van der Waals surface area contributed by atoms with Gasteiger partial charge in [-0.25, -0.2) is 0 Å². The van der Waals surface area contributed by atoms with Crippen molar-refractivity contribution in [3.8, 4) is 0 Å². The Labute approximate surface area is 109 Å². The van der Waals surface area contributed by atoms with E-state index in [-0.39, 0.29) is 40.0 Å². The Morgan fingerprint density at radius 3 is 1.71 bits per heavy atom. The van der Waals surface area contributed by atoms with Gasteiger partial charge in [0, 0.05) is 0 Å². The molecule has 76 valence electrons. The van der Waals surface area contributed by atoms with Crippen LogP contribution in [0.25, 0.3) is 0 Å². The predicted octanol–water partition coefficient (Wildman–Crippen LogP) is 3.54. The normalized spacial score (nSPS) is 8.64. The van der Waals surface area contributed by atoms with E-state index in [9.17, 15) is 13.2 Å². The van der Waals surface area contributed by atoms with Crippen molar-refractivity contribution in [1.29, 1.82) is 0 Å². The molecule has 0 bridgehead atoms. The van der Waals surface area contributed by atoms with Gasteiger partial charge in [-0.2, -0.15) is 50.4 Å². The fraction of sp³-hybridized carbons (Fsp3) is 0.222. The van der Waals surface area contributed by atoms with Crippen molar-refractivity contribution < 1.29 is 13.2 Å². The molecule has 0 amide bonds. The summed E-state index contributed by atoms with van der Waals surface area (Å²) >= 11 is 0. The first kappa shape index (κ1) is 19.8. The fourth-order valence-corrected chi connectivity index (χ4v) is 0.576. The van der Waals surface area contributed by atoms with E-state index in [1.54, 1.807) is 6.92 Å². The summed E-state index contributed by atoms with van der Waals surface area (Å²) in [5.74, 6) is 0. The first-order chi connectivity index (χ1) is 5.61. The molecular formula is C9H10BrF3Mg. The predicted molar refractivity (Wildman–Crippen MR) is 57.4 cm³/mol. The quantitative estimate of drug-likeness (QED) is 0.503. The maximum Gasteiger partial charge on any atom is 2.00 e. The molecule has 0 aliphatic carbocycles. The van der Waals surface area contributed by atoms with Crippen LogP contribution in [-0.4, -0.2) is 23.1 Å². The van der Waals surface area contributed by atoms with Crippen molar-refractivity contribution in [2.45, 2.75) is 13.1 Å². The molecule has 0 saturated heterocycles. The molecule has 0 atom stereocenters. The molecule has 1 aromatic rings. The number of hydrogen-bond donors (Lipinski definition) is 0. The average molecular weight is 279 g/mol. The molecular weight excluding hydrogens is 269 g/mol. The third kappa shape index (κ3) is 7.64. The summed E-state index contributed by atoms with van der Waals surface area (Å²) in [5, 5.41) is 0. The van der Waals surface area contributed by atoms with Crippen LogP contribution in [0, 0.1) is 13.0 Å². The van der Waals surface area contributed by atoms with E-state index < -0.39 is 11.7 Å². The SMILES string of the molecule is Br.FC(F)(F)c1cc[c-]cc1.[CH2-]C.[Mg+2]. The first-order valence-electron chi connectivity index (χ1n) is 3.35. The summed E-state index contributed by atoms with van der Waals surface area (Å²) in [4.78, 5) is 0. The summed E-state index contributed by atoms with van der Waals surface area (Å²) < 4.78 is 35.3. The van der Waals surface area contributed by atoms with Gasteiger partial charge in [-0.1, -0.05) is 5.56 Å². The zero-order valence-electron chi connectivity index (χ0n) is 7.77. The van der Waals surface area contributed by atoms with E-state index in [0.717, 1.165) is 12.1 Å². The number of halogens is 4. The third-order valence-electron chi connectivity index (χ3n) is 1.05. The monoisotopic (exact) mass is 278 g/mol. The van der Waals surface area contributed by atoms with Crippen LogP contribution in [0.5, 0.6) is 0 Å². The molecule has 1 aromatic carbocycles. The first-order valence-corrected chi connectivity index (χ1v) is 3.35. The van der Waals surface area contributed by atoms with Gasteiger partial charge < -0.3 is 6.92 Å². The molecule has 0 spiro atoms. The molecule has 0 saturated carbocycles. The van der Waals surface area contributed by atoms with Crippen LogP contribution in [0.15, 0.2) is 24.3 Å². The van der Waals surface area contributed by atoms with E-state index in [1.165, 1.54) is 12.1 Å². The largest absolute Gasteiger partial charge is 2.00 e. The van der Waals surface area contributed by atoms with E-state index >= 15 is 0 Å². The minimum absolute atomic E-state index is 0. The van der Waals surface area contributed by atoms with E-state index in [0.29, 0.717) is 0 Å². The molecule has 0 unspecified atom stereocenters. The van der Waals surface area contributed by atoms with Crippen molar-refractivity contribution in [2.24, 2.45) is 0 Å². The molecule has 0 aromatic heterocycles. The van der Waals surface area contributed by atoms with Gasteiger partial charge >= 0.3 is 29.2 Å². The topological polar surface area (TPSA) is 0 Å². The number of hydrogen-bond acceptors (Lipinski definition) is 0. The Balaban J connectivity index is -0.000000284. The van der Waals surface area contributed by atoms with Gasteiger partial charge in [0.05, 0.1) is 0 Å². The second-order valence-electron chi connectivity index (χ2n) is 1.79. The Kier molecular flexibility index (Phi) is 13.8. The summed E-state index contributed by atoms with van der Waals surface area (Å²) in [6, 6.07) is 6.95. The van der Waals surface area contributed by atoms with Crippen LogP contribution in [0.3, 0.4) is 0 Å². The number of rotatable bonds is 0. The number of benzene rings is 1. The summed E-state index contributed by atoms with van der Waals surface area (Å²) in [6.07, 6.45) is -4.23. The average Bonchev–Trinajstić information content (AvgIpc) is 2.08. The number of alkyl halides is 3. The van der Waals surface area contributed by atoms with Crippen LogP contribution in [0.2, 0.25) is 0 Å². The second-order valence-corrected chi connectivity index (χ2v) is 1.79. The van der Waals surface area contributed by atoms with Gasteiger partial charge in [0.25, 0.3) is 0 Å². The molecule has 0 nitrogen and oxygen atoms in total.